The van der Waals surface area contributed by atoms with Gasteiger partial charge in [-0.05, 0) is 30.4 Å². The van der Waals surface area contributed by atoms with Crippen LogP contribution in [0.5, 0.6) is 0 Å². The van der Waals surface area contributed by atoms with E-state index in [1.807, 2.05) is 24.3 Å². The van der Waals surface area contributed by atoms with Crippen LogP contribution in [0.25, 0.3) is 0 Å². The average molecular weight is 279 g/mol. The van der Waals surface area contributed by atoms with Gasteiger partial charge < -0.3 is 0 Å². The third-order valence-electron chi connectivity index (χ3n) is 3.85. The molecule has 0 saturated heterocycles. The van der Waals surface area contributed by atoms with Crippen LogP contribution < -0.4 is 0 Å². The van der Waals surface area contributed by atoms with Gasteiger partial charge in [0.25, 0.3) is 0 Å². The van der Waals surface area contributed by atoms with Crippen molar-refractivity contribution < 1.29 is 13.2 Å². The molecule has 4 nitrogen and oxygen atoms in total. The van der Waals surface area contributed by atoms with Crippen molar-refractivity contribution in [2.75, 3.05) is 12.3 Å². The van der Waals surface area contributed by atoms with Crippen LogP contribution in [0.3, 0.4) is 0 Å². The third kappa shape index (κ3) is 2.72. The fraction of sp³-hybridized carbons (Fsp3) is 0.500. The van der Waals surface area contributed by atoms with Crippen LogP contribution in [0.4, 0.5) is 0 Å². The Morgan fingerprint density at radius 3 is 2.58 bits per heavy atom. The van der Waals surface area contributed by atoms with Crippen molar-refractivity contribution in [2.24, 2.45) is 5.92 Å². The SMILES string of the molecule is O=C(CS(=O)(=O)N1CCc2ccccc2C1)C1CC1. The van der Waals surface area contributed by atoms with Gasteiger partial charge in [0.1, 0.15) is 5.75 Å². The first-order valence-electron chi connectivity index (χ1n) is 6.63. The van der Waals surface area contributed by atoms with Gasteiger partial charge in [-0.3, -0.25) is 4.79 Å². The second-order valence-electron chi connectivity index (χ2n) is 5.35. The molecule has 0 unspecified atom stereocenters. The molecule has 3 rings (SSSR count). The summed E-state index contributed by atoms with van der Waals surface area (Å²) < 4.78 is 25.9. The number of benzene rings is 1. The standard InChI is InChI=1S/C14H17NO3S/c16-14(12-5-6-12)10-19(17,18)15-8-7-11-3-1-2-4-13(11)9-15/h1-4,12H,5-10H2. The summed E-state index contributed by atoms with van der Waals surface area (Å²) in [6, 6.07) is 7.89. The number of nitrogens with zero attached hydrogens (tertiary/aromatic N) is 1. The first kappa shape index (κ1) is 12.8. The summed E-state index contributed by atoms with van der Waals surface area (Å²) in [5.41, 5.74) is 2.26. The molecule has 5 heteroatoms. The third-order valence-corrected chi connectivity index (χ3v) is 5.59. The molecule has 102 valence electrons. The van der Waals surface area contributed by atoms with Crippen LogP contribution in [-0.4, -0.2) is 30.8 Å². The normalized spacial score (nSPS) is 20.0. The molecule has 0 aromatic heterocycles. The van der Waals surface area contributed by atoms with Crippen molar-refractivity contribution in [3.63, 3.8) is 0 Å². The highest BCUT2D eigenvalue weighted by Gasteiger charge is 2.35. The van der Waals surface area contributed by atoms with Crippen LogP contribution >= 0.6 is 0 Å². The predicted octanol–water partition coefficient (Wildman–Crippen LogP) is 1.35. The Bertz CT molecular complexity index is 605. The van der Waals surface area contributed by atoms with Crippen molar-refractivity contribution >= 4 is 15.8 Å². The smallest absolute Gasteiger partial charge is 0.221 e. The van der Waals surface area contributed by atoms with Crippen molar-refractivity contribution in [2.45, 2.75) is 25.8 Å². The van der Waals surface area contributed by atoms with Gasteiger partial charge in [0.15, 0.2) is 5.78 Å². The van der Waals surface area contributed by atoms with E-state index in [0.29, 0.717) is 13.1 Å². The fourth-order valence-electron chi connectivity index (χ4n) is 2.50. The number of fused-ring (bicyclic) bond motifs is 1. The number of sulfonamides is 1. The van der Waals surface area contributed by atoms with Gasteiger partial charge in [0, 0.05) is 19.0 Å². The quantitative estimate of drug-likeness (QED) is 0.836. The number of hydrogen-bond donors (Lipinski definition) is 0. The lowest BCUT2D eigenvalue weighted by atomic mass is 10.0. The van der Waals surface area contributed by atoms with E-state index in [1.54, 1.807) is 0 Å². The fourth-order valence-corrected chi connectivity index (χ4v) is 3.98. The molecule has 0 atom stereocenters. The predicted molar refractivity (Wildman–Crippen MR) is 72.1 cm³/mol. The molecule has 0 amide bonds. The maximum atomic E-state index is 12.2. The summed E-state index contributed by atoms with van der Waals surface area (Å²) in [5.74, 6) is -0.425. The van der Waals surface area contributed by atoms with E-state index >= 15 is 0 Å². The zero-order valence-electron chi connectivity index (χ0n) is 10.7. The van der Waals surface area contributed by atoms with E-state index in [-0.39, 0.29) is 17.5 Å². The maximum absolute atomic E-state index is 12.2. The summed E-state index contributed by atoms with van der Waals surface area (Å²) in [4.78, 5) is 11.7. The molecular formula is C14H17NO3S. The molecule has 0 radical (unpaired) electrons. The average Bonchev–Trinajstić information content (AvgIpc) is 3.22. The molecule has 1 aliphatic heterocycles. The number of carbonyl (C=O) groups excluding carboxylic acids is 1. The largest absolute Gasteiger partial charge is 0.298 e. The zero-order valence-corrected chi connectivity index (χ0v) is 11.5. The van der Waals surface area contributed by atoms with E-state index in [1.165, 1.54) is 9.87 Å². The van der Waals surface area contributed by atoms with Crippen molar-refractivity contribution in [1.82, 2.24) is 4.31 Å². The Balaban J connectivity index is 1.74. The lowest BCUT2D eigenvalue weighted by molar-refractivity contribution is -0.117. The molecule has 2 aliphatic rings. The van der Waals surface area contributed by atoms with E-state index in [2.05, 4.69) is 0 Å². The Labute approximate surface area is 113 Å². The topological polar surface area (TPSA) is 54.5 Å². The molecule has 1 aromatic carbocycles. The number of hydrogen-bond acceptors (Lipinski definition) is 3. The minimum Gasteiger partial charge on any atom is -0.298 e. The molecule has 0 bridgehead atoms. The lowest BCUT2D eigenvalue weighted by Gasteiger charge is -2.27. The van der Waals surface area contributed by atoms with E-state index in [4.69, 9.17) is 0 Å². The van der Waals surface area contributed by atoms with E-state index in [0.717, 1.165) is 24.8 Å². The van der Waals surface area contributed by atoms with Gasteiger partial charge in [-0.2, -0.15) is 4.31 Å². The highest BCUT2D eigenvalue weighted by atomic mass is 32.2. The number of carbonyl (C=O) groups is 1. The van der Waals surface area contributed by atoms with Crippen LogP contribution in [0.15, 0.2) is 24.3 Å². The summed E-state index contributed by atoms with van der Waals surface area (Å²) in [6.45, 7) is 0.883. The van der Waals surface area contributed by atoms with Crippen molar-refractivity contribution in [3.05, 3.63) is 35.4 Å². The van der Waals surface area contributed by atoms with Crippen molar-refractivity contribution in [1.29, 1.82) is 0 Å². The van der Waals surface area contributed by atoms with Crippen molar-refractivity contribution in [3.8, 4) is 0 Å². The van der Waals surface area contributed by atoms with Gasteiger partial charge in [-0.15, -0.1) is 0 Å². The summed E-state index contributed by atoms with van der Waals surface area (Å²) in [7, 11) is -3.45. The van der Waals surface area contributed by atoms with E-state index < -0.39 is 10.0 Å². The first-order chi connectivity index (χ1) is 9.06. The van der Waals surface area contributed by atoms with Crippen LogP contribution in [0, 0.1) is 5.92 Å². The Kier molecular flexibility index (Phi) is 3.19. The Morgan fingerprint density at radius 2 is 1.89 bits per heavy atom. The highest BCUT2D eigenvalue weighted by Crippen LogP contribution is 2.31. The first-order valence-corrected chi connectivity index (χ1v) is 8.24. The second kappa shape index (κ2) is 4.72. The minimum absolute atomic E-state index is 0.00634. The van der Waals surface area contributed by atoms with Gasteiger partial charge in [0.2, 0.25) is 10.0 Å². The number of ketones is 1. The molecule has 1 aromatic rings. The molecule has 1 saturated carbocycles. The van der Waals surface area contributed by atoms with Crippen LogP contribution in [-0.2, 0) is 27.8 Å². The Morgan fingerprint density at radius 1 is 1.21 bits per heavy atom. The number of Topliss-reactive ketones (excluding diaryl/α,β-unsaturated/α-hetero) is 1. The molecular weight excluding hydrogens is 262 g/mol. The molecule has 0 N–H and O–H groups in total. The van der Waals surface area contributed by atoms with E-state index in [9.17, 15) is 13.2 Å². The molecule has 1 aliphatic carbocycles. The van der Waals surface area contributed by atoms with Gasteiger partial charge in [-0.25, -0.2) is 8.42 Å². The maximum Gasteiger partial charge on any atom is 0.221 e. The summed E-state index contributed by atoms with van der Waals surface area (Å²) in [5, 5.41) is 0. The van der Waals surface area contributed by atoms with Gasteiger partial charge in [0.05, 0.1) is 0 Å². The zero-order chi connectivity index (χ0) is 13.5. The van der Waals surface area contributed by atoms with Crippen LogP contribution in [0.2, 0.25) is 0 Å². The Hall–Kier alpha value is -1.20. The monoisotopic (exact) mass is 279 g/mol. The summed E-state index contributed by atoms with van der Waals surface area (Å²) >= 11 is 0. The molecule has 19 heavy (non-hydrogen) atoms. The van der Waals surface area contributed by atoms with Crippen LogP contribution in [0.1, 0.15) is 24.0 Å². The second-order valence-corrected chi connectivity index (χ2v) is 7.32. The van der Waals surface area contributed by atoms with Gasteiger partial charge in [-0.1, -0.05) is 24.3 Å². The molecule has 0 spiro atoms. The highest BCUT2D eigenvalue weighted by molar-refractivity contribution is 7.89. The molecule has 1 fully saturated rings. The molecule has 1 heterocycles. The van der Waals surface area contributed by atoms with Gasteiger partial charge >= 0.3 is 0 Å². The summed E-state index contributed by atoms with van der Waals surface area (Å²) in [6.07, 6.45) is 2.45. The lowest BCUT2D eigenvalue weighted by Crippen LogP contribution is -2.39. The minimum atomic E-state index is -3.45. The number of rotatable bonds is 4.